The summed E-state index contributed by atoms with van der Waals surface area (Å²) in [6.45, 7) is 6.80. The lowest BCUT2D eigenvalue weighted by Crippen LogP contribution is -2.59. The molecule has 1 atom stereocenters. The maximum atomic E-state index is 14.2. The zero-order chi connectivity index (χ0) is 22.3. The van der Waals surface area contributed by atoms with Gasteiger partial charge in [0.1, 0.15) is 11.9 Å². The van der Waals surface area contributed by atoms with Crippen LogP contribution >= 0.6 is 0 Å². The molecule has 31 heavy (non-hydrogen) atoms. The molecule has 1 unspecified atom stereocenters. The first-order valence-corrected chi connectivity index (χ1v) is 10.4. The lowest BCUT2D eigenvalue weighted by atomic mass is 9.91. The Kier molecular flexibility index (Phi) is 5.29. The molecule has 2 aliphatic heterocycles. The minimum atomic E-state index is -0.755. The summed E-state index contributed by atoms with van der Waals surface area (Å²) in [6.07, 6.45) is 0.376. The molecule has 0 bridgehead atoms. The summed E-state index contributed by atoms with van der Waals surface area (Å²) in [5.74, 6) is -1.01. The van der Waals surface area contributed by atoms with Crippen molar-refractivity contribution in [3.8, 4) is 11.1 Å². The number of piperazine rings is 1. The normalized spacial score (nSPS) is 18.8. The topological polar surface area (TPSA) is 69.7 Å². The van der Waals surface area contributed by atoms with Crippen LogP contribution in [0, 0.1) is 11.2 Å². The van der Waals surface area contributed by atoms with Crippen molar-refractivity contribution in [3.63, 3.8) is 0 Å². The van der Waals surface area contributed by atoms with Crippen molar-refractivity contribution in [2.45, 2.75) is 33.2 Å². The van der Waals surface area contributed by atoms with Gasteiger partial charge in [-0.05, 0) is 29.2 Å². The van der Waals surface area contributed by atoms with Gasteiger partial charge < -0.3 is 15.1 Å². The third kappa shape index (κ3) is 4.17. The van der Waals surface area contributed by atoms with Gasteiger partial charge in [0, 0.05) is 25.1 Å². The van der Waals surface area contributed by atoms with E-state index in [2.05, 4.69) is 5.32 Å². The number of nitrogens with zero attached hydrogens (tertiary/aromatic N) is 2. The fourth-order valence-electron chi connectivity index (χ4n) is 4.11. The van der Waals surface area contributed by atoms with Crippen LogP contribution in [0.4, 0.5) is 10.1 Å². The number of nitrogens with one attached hydrogen (secondary N) is 1. The van der Waals surface area contributed by atoms with Gasteiger partial charge in [-0.1, -0.05) is 45.0 Å². The number of amides is 3. The predicted molar refractivity (Wildman–Crippen MR) is 116 cm³/mol. The average Bonchev–Trinajstić information content (AvgIpc) is 2.81. The molecule has 1 N–H and O–H groups in total. The molecule has 0 aliphatic carbocycles. The lowest BCUT2D eigenvalue weighted by Gasteiger charge is -2.40. The van der Waals surface area contributed by atoms with Crippen molar-refractivity contribution in [1.82, 2.24) is 9.80 Å². The number of carbonyl (C=O) groups excluding carboxylic acids is 3. The number of hydrogen-bond donors (Lipinski definition) is 1. The lowest BCUT2D eigenvalue weighted by molar-refractivity contribution is -0.137. The van der Waals surface area contributed by atoms with E-state index >= 15 is 0 Å². The molecule has 0 saturated carbocycles. The van der Waals surface area contributed by atoms with E-state index in [0.29, 0.717) is 35.3 Å². The summed E-state index contributed by atoms with van der Waals surface area (Å²) in [5.41, 5.74) is 1.53. The van der Waals surface area contributed by atoms with Gasteiger partial charge in [-0.2, -0.15) is 0 Å². The van der Waals surface area contributed by atoms with E-state index in [4.69, 9.17) is 0 Å². The van der Waals surface area contributed by atoms with Gasteiger partial charge in [0.15, 0.2) is 0 Å². The van der Waals surface area contributed by atoms with Crippen LogP contribution in [0.3, 0.4) is 0 Å². The standard InChI is InChI=1S/C24H26FN3O3/c1-24(2,3)13-21(29)27-10-11-28-20(14-27)22(30)26-19-9-8-15(12-17(19)23(28)31)16-6-4-5-7-18(16)25/h4-9,12,20H,10-11,13-14H2,1-3H3,(H,26,30). The SMILES string of the molecule is CC(C)(C)CC(=O)N1CCN2C(=O)c3cc(-c4ccccc4F)ccc3NC(=O)C2C1. The molecule has 162 valence electrons. The highest BCUT2D eigenvalue weighted by atomic mass is 19.1. The number of fused-ring (bicyclic) bond motifs is 2. The molecule has 0 radical (unpaired) electrons. The van der Waals surface area contributed by atoms with E-state index in [-0.39, 0.29) is 42.0 Å². The van der Waals surface area contributed by atoms with E-state index in [9.17, 15) is 18.8 Å². The maximum absolute atomic E-state index is 14.2. The Bertz CT molecular complexity index is 1060. The Balaban J connectivity index is 1.62. The largest absolute Gasteiger partial charge is 0.338 e. The van der Waals surface area contributed by atoms with Crippen molar-refractivity contribution in [2.75, 3.05) is 25.0 Å². The second-order valence-corrected chi connectivity index (χ2v) is 9.32. The van der Waals surface area contributed by atoms with E-state index < -0.39 is 6.04 Å². The number of benzene rings is 2. The van der Waals surface area contributed by atoms with Gasteiger partial charge in [-0.25, -0.2) is 4.39 Å². The van der Waals surface area contributed by atoms with Crippen LogP contribution in [0.15, 0.2) is 42.5 Å². The molecule has 6 nitrogen and oxygen atoms in total. The molecule has 3 amide bonds. The number of carbonyl (C=O) groups is 3. The van der Waals surface area contributed by atoms with E-state index in [1.165, 1.54) is 11.0 Å². The minimum absolute atomic E-state index is 0.0176. The highest BCUT2D eigenvalue weighted by Crippen LogP contribution is 2.31. The minimum Gasteiger partial charge on any atom is -0.338 e. The molecule has 2 aromatic carbocycles. The molecule has 0 aromatic heterocycles. The number of anilines is 1. The Morgan fingerprint density at radius 2 is 1.84 bits per heavy atom. The van der Waals surface area contributed by atoms with Gasteiger partial charge in [0.25, 0.3) is 5.91 Å². The summed E-state index contributed by atoms with van der Waals surface area (Å²) in [4.78, 5) is 42.1. The predicted octanol–water partition coefficient (Wildman–Crippen LogP) is 3.53. The third-order valence-corrected chi connectivity index (χ3v) is 5.67. The monoisotopic (exact) mass is 423 g/mol. The number of rotatable bonds is 2. The van der Waals surface area contributed by atoms with Crippen molar-refractivity contribution in [1.29, 1.82) is 0 Å². The molecule has 1 saturated heterocycles. The summed E-state index contributed by atoms with van der Waals surface area (Å²) in [5, 5.41) is 2.82. The Hall–Kier alpha value is -3.22. The Morgan fingerprint density at radius 1 is 1.10 bits per heavy atom. The van der Waals surface area contributed by atoms with Crippen molar-refractivity contribution in [3.05, 3.63) is 53.8 Å². The molecule has 7 heteroatoms. The van der Waals surface area contributed by atoms with Crippen molar-refractivity contribution >= 4 is 23.4 Å². The number of hydrogen-bond acceptors (Lipinski definition) is 3. The van der Waals surface area contributed by atoms with Crippen LogP contribution < -0.4 is 5.32 Å². The Labute approximate surface area is 181 Å². The maximum Gasteiger partial charge on any atom is 0.256 e. The second-order valence-electron chi connectivity index (χ2n) is 9.32. The molecule has 0 spiro atoms. The molecule has 2 aliphatic rings. The summed E-state index contributed by atoms with van der Waals surface area (Å²) < 4.78 is 14.2. The first-order chi connectivity index (χ1) is 14.6. The van der Waals surface area contributed by atoms with Crippen LogP contribution in [-0.2, 0) is 9.59 Å². The molecular formula is C24H26FN3O3. The highest BCUT2D eigenvalue weighted by molar-refractivity contribution is 6.10. The highest BCUT2D eigenvalue weighted by Gasteiger charge is 2.40. The molecule has 2 heterocycles. The van der Waals surface area contributed by atoms with Gasteiger partial charge >= 0.3 is 0 Å². The molecule has 1 fully saturated rings. The van der Waals surface area contributed by atoms with Crippen molar-refractivity contribution in [2.24, 2.45) is 5.41 Å². The summed E-state index contributed by atoms with van der Waals surface area (Å²) in [7, 11) is 0. The van der Waals surface area contributed by atoms with Gasteiger partial charge in [0.05, 0.1) is 17.8 Å². The van der Waals surface area contributed by atoms with Gasteiger partial charge in [-0.3, -0.25) is 14.4 Å². The second kappa shape index (κ2) is 7.80. The summed E-state index contributed by atoms with van der Waals surface area (Å²) in [6, 6.07) is 10.6. The fraction of sp³-hybridized carbons (Fsp3) is 0.375. The zero-order valence-corrected chi connectivity index (χ0v) is 17.9. The molecular weight excluding hydrogens is 397 g/mol. The summed E-state index contributed by atoms with van der Waals surface area (Å²) >= 11 is 0. The van der Waals surface area contributed by atoms with Crippen molar-refractivity contribution < 1.29 is 18.8 Å². The fourth-order valence-corrected chi connectivity index (χ4v) is 4.11. The van der Waals surface area contributed by atoms with E-state index in [1.54, 1.807) is 41.3 Å². The third-order valence-electron chi connectivity index (χ3n) is 5.67. The van der Waals surface area contributed by atoms with Crippen LogP contribution in [-0.4, -0.2) is 53.2 Å². The smallest absolute Gasteiger partial charge is 0.256 e. The number of halogens is 1. The quantitative estimate of drug-likeness (QED) is 0.803. The van der Waals surface area contributed by atoms with Crippen LogP contribution in [0.2, 0.25) is 0 Å². The van der Waals surface area contributed by atoms with Gasteiger partial charge in [-0.15, -0.1) is 0 Å². The van der Waals surface area contributed by atoms with Crippen LogP contribution in [0.5, 0.6) is 0 Å². The van der Waals surface area contributed by atoms with E-state index in [0.717, 1.165) is 0 Å². The average molecular weight is 423 g/mol. The van der Waals surface area contributed by atoms with Crippen LogP contribution in [0.1, 0.15) is 37.6 Å². The zero-order valence-electron chi connectivity index (χ0n) is 17.9. The van der Waals surface area contributed by atoms with Crippen LogP contribution in [0.25, 0.3) is 11.1 Å². The first kappa shape index (κ1) is 21.0. The molecule has 4 rings (SSSR count). The van der Waals surface area contributed by atoms with E-state index in [1.807, 2.05) is 20.8 Å². The van der Waals surface area contributed by atoms with Gasteiger partial charge in [0.2, 0.25) is 11.8 Å². The molecule has 2 aromatic rings. The first-order valence-electron chi connectivity index (χ1n) is 10.4. The Morgan fingerprint density at radius 3 is 2.55 bits per heavy atom.